The summed E-state index contributed by atoms with van der Waals surface area (Å²) in [6.45, 7) is 2.06. The van der Waals surface area contributed by atoms with Gasteiger partial charge in [-0.2, -0.15) is 0 Å². The molecule has 0 bridgehead atoms. The molecule has 0 aliphatic rings. The highest BCUT2D eigenvalue weighted by atomic mass is 28.1. The zero-order valence-corrected chi connectivity index (χ0v) is 16.4. The second-order valence-corrected chi connectivity index (χ2v) is 7.13. The smallest absolute Gasteiger partial charge is 0.0793 e. The Kier molecular flexibility index (Phi) is 5.13. The highest BCUT2D eigenvalue weighted by molar-refractivity contribution is 6.32. The Hall–Kier alpha value is -2.36. The van der Waals surface area contributed by atoms with Crippen LogP contribution in [0.3, 0.4) is 0 Å². The van der Waals surface area contributed by atoms with Gasteiger partial charge in [0.15, 0.2) is 0 Å². The molecule has 0 aliphatic carbocycles. The van der Waals surface area contributed by atoms with E-state index in [1.165, 1.54) is 16.4 Å². The first-order valence-electron chi connectivity index (χ1n) is 8.23. The normalized spacial score (nSPS) is 12.1. The zero-order valence-electron chi connectivity index (χ0n) is 14.4. The maximum Gasteiger partial charge on any atom is 0.0793 e. The molecule has 3 aromatic carbocycles. The number of rotatable bonds is 5. The van der Waals surface area contributed by atoms with Gasteiger partial charge in [0, 0.05) is 34.4 Å². The average Bonchev–Trinajstić information content (AvgIpc) is 2.64. The number of benzene rings is 3. The summed E-state index contributed by atoms with van der Waals surface area (Å²) in [7, 11) is 2.81. The molecule has 0 amide bonds. The molecule has 0 heterocycles. The van der Waals surface area contributed by atoms with Crippen LogP contribution in [0.15, 0.2) is 78.9 Å². The van der Waals surface area contributed by atoms with Crippen LogP contribution in [0.25, 0.3) is 0 Å². The molecule has 3 rings (SSSR count). The summed E-state index contributed by atoms with van der Waals surface area (Å²) in [5.74, 6) is 0. The maximum atomic E-state index is 5.41. The third-order valence-corrected chi connectivity index (χ3v) is 4.95. The summed E-state index contributed by atoms with van der Waals surface area (Å²) in [5, 5.41) is 1.40. The summed E-state index contributed by atoms with van der Waals surface area (Å²) in [5.41, 5.74) is 4.66. The van der Waals surface area contributed by atoms with E-state index in [9.17, 15) is 0 Å². The molecule has 0 N–H and O–H groups in total. The fourth-order valence-corrected chi connectivity index (χ4v) is 3.08. The molecule has 122 valence electrons. The van der Waals surface area contributed by atoms with E-state index in [0.29, 0.717) is 0 Å². The highest BCUT2D eigenvalue weighted by Crippen LogP contribution is 2.34. The van der Waals surface area contributed by atoms with Gasteiger partial charge >= 0.3 is 0 Å². The molecule has 0 saturated heterocycles. The highest BCUT2D eigenvalue weighted by Gasteiger charge is 2.12. The summed E-state index contributed by atoms with van der Waals surface area (Å²) in [4.78, 5) is 2.28. The number of ether oxygens (including phenoxy) is 1. The molecule has 0 aromatic heterocycles. The molecule has 3 aromatic rings. The molecular weight excluding hydrogens is 310 g/mol. The van der Waals surface area contributed by atoms with Crippen molar-refractivity contribution in [2.45, 2.75) is 13.0 Å². The van der Waals surface area contributed by atoms with Gasteiger partial charge in [-0.15, -0.1) is 0 Å². The minimum absolute atomic E-state index is 0.105. The van der Waals surface area contributed by atoms with Crippen molar-refractivity contribution >= 4 is 32.5 Å². The largest absolute Gasteiger partial charge is 0.377 e. The molecule has 0 fully saturated rings. The number of hydrogen-bond donors (Lipinski definition) is 0. The lowest BCUT2D eigenvalue weighted by atomic mass is 10.1. The van der Waals surface area contributed by atoms with E-state index in [-0.39, 0.29) is 6.10 Å². The quantitative estimate of drug-likeness (QED) is 0.658. The van der Waals surface area contributed by atoms with Crippen molar-refractivity contribution in [3.63, 3.8) is 0 Å². The Morgan fingerprint density at radius 2 is 1.25 bits per heavy atom. The van der Waals surface area contributed by atoms with E-state index in [2.05, 4.69) is 84.6 Å². The lowest BCUT2D eigenvalue weighted by Gasteiger charge is -2.26. The van der Waals surface area contributed by atoms with Crippen LogP contribution in [0, 0.1) is 0 Å². The molecule has 1 unspecified atom stereocenters. The Morgan fingerprint density at radius 3 is 1.79 bits per heavy atom. The molecular formula is C21H23NOSi. The van der Waals surface area contributed by atoms with E-state index >= 15 is 0 Å². The van der Waals surface area contributed by atoms with Crippen LogP contribution in [0.4, 0.5) is 17.1 Å². The minimum Gasteiger partial charge on any atom is -0.377 e. The van der Waals surface area contributed by atoms with Crippen LogP contribution in [0.1, 0.15) is 18.6 Å². The van der Waals surface area contributed by atoms with Crippen molar-refractivity contribution < 1.29 is 4.74 Å². The van der Waals surface area contributed by atoms with Gasteiger partial charge in [0.2, 0.25) is 0 Å². The van der Waals surface area contributed by atoms with Crippen molar-refractivity contribution in [2.24, 2.45) is 0 Å². The summed E-state index contributed by atoms with van der Waals surface area (Å²) in [6, 6.07) is 27.9. The first-order valence-corrected chi connectivity index (χ1v) is 9.23. The van der Waals surface area contributed by atoms with Crippen molar-refractivity contribution in [1.29, 1.82) is 0 Å². The fraction of sp³-hybridized carbons (Fsp3) is 0.143. The molecule has 0 saturated carbocycles. The minimum atomic E-state index is 0.105. The van der Waals surface area contributed by atoms with E-state index in [1.807, 2.05) is 6.07 Å². The molecule has 24 heavy (non-hydrogen) atoms. The number of nitrogens with zero attached hydrogens (tertiary/aromatic N) is 1. The number of para-hydroxylation sites is 1. The van der Waals surface area contributed by atoms with Crippen LogP contribution in [-0.4, -0.2) is 17.4 Å². The third kappa shape index (κ3) is 3.58. The van der Waals surface area contributed by atoms with Gasteiger partial charge in [0.1, 0.15) is 0 Å². The summed E-state index contributed by atoms with van der Waals surface area (Å²) in [6.07, 6.45) is 0.105. The fourth-order valence-electron chi connectivity index (χ4n) is 2.75. The predicted molar refractivity (Wildman–Crippen MR) is 106 cm³/mol. The van der Waals surface area contributed by atoms with Crippen LogP contribution < -0.4 is 10.1 Å². The SMILES string of the molecule is COC(C)c1ccc(N(c2ccccc2)c2ccc([SiH3])cc2)cc1. The third-order valence-electron chi connectivity index (χ3n) is 4.28. The van der Waals surface area contributed by atoms with Crippen molar-refractivity contribution in [3.8, 4) is 0 Å². The Balaban J connectivity index is 2.03. The first kappa shape index (κ1) is 16.5. The second kappa shape index (κ2) is 7.47. The lowest BCUT2D eigenvalue weighted by Crippen LogP contribution is -2.11. The zero-order chi connectivity index (χ0) is 16.9. The van der Waals surface area contributed by atoms with Crippen LogP contribution in [0.5, 0.6) is 0 Å². The number of anilines is 3. The average molecular weight is 334 g/mol. The van der Waals surface area contributed by atoms with Crippen LogP contribution in [-0.2, 0) is 4.74 Å². The van der Waals surface area contributed by atoms with Crippen molar-refractivity contribution in [2.75, 3.05) is 12.0 Å². The summed E-state index contributed by atoms with van der Waals surface area (Å²) < 4.78 is 5.41. The number of methoxy groups -OCH3 is 1. The van der Waals surface area contributed by atoms with Gasteiger partial charge in [-0.25, -0.2) is 0 Å². The van der Waals surface area contributed by atoms with Crippen molar-refractivity contribution in [1.82, 2.24) is 0 Å². The molecule has 3 heteroatoms. The topological polar surface area (TPSA) is 12.5 Å². The van der Waals surface area contributed by atoms with Crippen molar-refractivity contribution in [3.05, 3.63) is 84.4 Å². The Bertz CT molecular complexity index is 769. The predicted octanol–water partition coefficient (Wildman–Crippen LogP) is 3.85. The van der Waals surface area contributed by atoms with Gasteiger partial charge in [0.05, 0.1) is 6.10 Å². The van der Waals surface area contributed by atoms with Crippen LogP contribution >= 0.6 is 0 Å². The Morgan fingerprint density at radius 1 is 0.750 bits per heavy atom. The monoisotopic (exact) mass is 333 g/mol. The molecule has 1 atom stereocenters. The van der Waals surface area contributed by atoms with Gasteiger partial charge in [-0.1, -0.05) is 47.7 Å². The van der Waals surface area contributed by atoms with E-state index in [4.69, 9.17) is 4.74 Å². The van der Waals surface area contributed by atoms with E-state index in [1.54, 1.807) is 7.11 Å². The maximum absolute atomic E-state index is 5.41. The lowest BCUT2D eigenvalue weighted by molar-refractivity contribution is 0.119. The molecule has 0 spiro atoms. The molecule has 2 nitrogen and oxygen atoms in total. The Labute approximate surface area is 147 Å². The van der Waals surface area contributed by atoms with Gasteiger partial charge in [-0.05, 0) is 48.9 Å². The van der Waals surface area contributed by atoms with Gasteiger partial charge in [0.25, 0.3) is 0 Å². The number of hydrogen-bond acceptors (Lipinski definition) is 2. The second-order valence-electron chi connectivity index (χ2n) is 5.98. The molecule has 0 radical (unpaired) electrons. The van der Waals surface area contributed by atoms with E-state index in [0.717, 1.165) is 21.6 Å². The van der Waals surface area contributed by atoms with Gasteiger partial charge in [-0.3, -0.25) is 0 Å². The summed E-state index contributed by atoms with van der Waals surface area (Å²) >= 11 is 0. The first-order chi connectivity index (χ1) is 11.7. The standard InChI is InChI=1S/C21H23NOSi/c1-16(23-2)17-8-10-19(11-9-17)22(18-6-4-3-5-7-18)20-12-14-21(24)15-13-20/h3-16H,1-2,24H3. The molecule has 0 aliphatic heterocycles. The van der Waals surface area contributed by atoms with E-state index < -0.39 is 0 Å². The van der Waals surface area contributed by atoms with Gasteiger partial charge < -0.3 is 9.64 Å². The van der Waals surface area contributed by atoms with Crippen LogP contribution in [0.2, 0.25) is 0 Å².